The van der Waals surface area contributed by atoms with Crippen molar-refractivity contribution in [3.05, 3.63) is 45.0 Å². The van der Waals surface area contributed by atoms with Crippen LogP contribution in [0.2, 0.25) is 0 Å². The highest BCUT2D eigenvalue weighted by Crippen LogP contribution is 2.25. The molecule has 3 rings (SSSR count). The third-order valence-electron chi connectivity index (χ3n) is 3.33. The summed E-state index contributed by atoms with van der Waals surface area (Å²) in [5.74, 6) is 1.24. The number of nitrogens with zero attached hydrogens (tertiary/aromatic N) is 4. The number of hydrogen-bond acceptors (Lipinski definition) is 6. The molecular weight excluding hydrogens is 352 g/mol. The van der Waals surface area contributed by atoms with Crippen molar-refractivity contribution in [1.29, 1.82) is 0 Å². The lowest BCUT2D eigenvalue weighted by Crippen LogP contribution is -2.36. The Bertz CT molecular complexity index is 704. The number of hydrogen-bond donors (Lipinski definition) is 0. The zero-order valence-electron chi connectivity index (χ0n) is 11.6. The lowest BCUT2D eigenvalue weighted by atomic mass is 10.2. The van der Waals surface area contributed by atoms with Gasteiger partial charge in [0.25, 0.3) is 5.69 Å². The summed E-state index contributed by atoms with van der Waals surface area (Å²) in [6.45, 7) is 2.84. The predicted octanol–water partition coefficient (Wildman–Crippen LogP) is 2.65. The van der Waals surface area contributed by atoms with Gasteiger partial charge in [0, 0.05) is 36.9 Å². The predicted molar refractivity (Wildman–Crippen MR) is 84.9 cm³/mol. The number of aromatic nitrogens is 2. The van der Waals surface area contributed by atoms with Crippen LogP contribution in [0.4, 0.5) is 11.5 Å². The van der Waals surface area contributed by atoms with Gasteiger partial charge in [-0.25, -0.2) is 9.97 Å². The molecule has 22 heavy (non-hydrogen) atoms. The summed E-state index contributed by atoms with van der Waals surface area (Å²) < 4.78 is 5.98. The lowest BCUT2D eigenvalue weighted by molar-refractivity contribution is -0.384. The van der Waals surface area contributed by atoms with Crippen LogP contribution >= 0.6 is 15.9 Å². The van der Waals surface area contributed by atoms with Crippen LogP contribution in [0, 0.1) is 10.1 Å². The number of nitro groups is 1. The Hall–Kier alpha value is -2.06. The molecule has 7 nitrogen and oxygen atoms in total. The SMILES string of the molecule is O=[N+]([O-])c1cccc(-c2nc(Br)cc(N3CCOCC3)n2)c1. The van der Waals surface area contributed by atoms with Crippen LogP contribution in [0.3, 0.4) is 0 Å². The maximum atomic E-state index is 10.9. The number of non-ortho nitro benzene ring substituents is 1. The smallest absolute Gasteiger partial charge is 0.270 e. The molecule has 0 aliphatic carbocycles. The molecule has 114 valence electrons. The van der Waals surface area contributed by atoms with Gasteiger partial charge < -0.3 is 9.64 Å². The van der Waals surface area contributed by atoms with Gasteiger partial charge in [0.05, 0.1) is 18.1 Å². The van der Waals surface area contributed by atoms with Gasteiger partial charge in [0.1, 0.15) is 10.4 Å². The van der Waals surface area contributed by atoms with E-state index >= 15 is 0 Å². The van der Waals surface area contributed by atoms with Crippen molar-refractivity contribution in [2.24, 2.45) is 0 Å². The van der Waals surface area contributed by atoms with Crippen LogP contribution < -0.4 is 4.90 Å². The van der Waals surface area contributed by atoms with E-state index in [1.165, 1.54) is 12.1 Å². The first-order chi connectivity index (χ1) is 10.6. The zero-order chi connectivity index (χ0) is 15.5. The first kappa shape index (κ1) is 14.9. The molecular formula is C14H13BrN4O3. The van der Waals surface area contributed by atoms with Crippen molar-refractivity contribution < 1.29 is 9.66 Å². The van der Waals surface area contributed by atoms with E-state index in [9.17, 15) is 10.1 Å². The number of morpholine rings is 1. The molecule has 1 aromatic heterocycles. The number of halogens is 1. The molecule has 0 amide bonds. The number of rotatable bonds is 3. The Balaban J connectivity index is 1.98. The molecule has 0 unspecified atom stereocenters. The molecule has 8 heteroatoms. The van der Waals surface area contributed by atoms with Gasteiger partial charge in [-0.05, 0) is 15.9 Å². The number of ether oxygens (including phenoxy) is 1. The van der Waals surface area contributed by atoms with Crippen molar-refractivity contribution in [1.82, 2.24) is 9.97 Å². The summed E-state index contributed by atoms with van der Waals surface area (Å²) in [5.41, 5.74) is 0.638. The second kappa shape index (κ2) is 6.37. The van der Waals surface area contributed by atoms with E-state index in [1.807, 2.05) is 6.07 Å². The molecule has 1 aliphatic heterocycles. The van der Waals surface area contributed by atoms with E-state index in [0.717, 1.165) is 18.9 Å². The van der Waals surface area contributed by atoms with E-state index in [2.05, 4.69) is 30.8 Å². The molecule has 1 aromatic carbocycles. The van der Waals surface area contributed by atoms with Crippen molar-refractivity contribution in [2.45, 2.75) is 0 Å². The monoisotopic (exact) mass is 364 g/mol. The minimum absolute atomic E-state index is 0.0222. The van der Waals surface area contributed by atoms with Crippen LogP contribution in [0.1, 0.15) is 0 Å². The Morgan fingerprint density at radius 3 is 2.73 bits per heavy atom. The summed E-state index contributed by atoms with van der Waals surface area (Å²) >= 11 is 3.38. The normalized spacial score (nSPS) is 14.9. The minimum atomic E-state index is -0.426. The van der Waals surface area contributed by atoms with Crippen molar-refractivity contribution in [3.63, 3.8) is 0 Å². The molecule has 2 aromatic rings. The summed E-state index contributed by atoms with van der Waals surface area (Å²) in [5, 5.41) is 10.9. The number of anilines is 1. The largest absolute Gasteiger partial charge is 0.378 e. The Morgan fingerprint density at radius 1 is 1.23 bits per heavy atom. The van der Waals surface area contributed by atoms with Crippen LogP contribution in [-0.4, -0.2) is 41.2 Å². The Kier molecular flexibility index (Phi) is 4.30. The molecule has 0 saturated carbocycles. The second-order valence-corrected chi connectivity index (χ2v) is 5.59. The Labute approximate surface area is 135 Å². The van der Waals surface area contributed by atoms with E-state index < -0.39 is 4.92 Å². The first-order valence-corrected chi connectivity index (χ1v) is 7.55. The van der Waals surface area contributed by atoms with Crippen molar-refractivity contribution in [3.8, 4) is 11.4 Å². The Morgan fingerprint density at radius 2 is 2.00 bits per heavy atom. The molecule has 0 bridgehead atoms. The maximum absolute atomic E-state index is 10.9. The van der Waals surface area contributed by atoms with Crippen LogP contribution in [-0.2, 0) is 4.74 Å². The molecule has 0 N–H and O–H groups in total. The average Bonchev–Trinajstić information content (AvgIpc) is 2.55. The minimum Gasteiger partial charge on any atom is -0.378 e. The standard InChI is InChI=1S/C14H13BrN4O3/c15-12-9-13(18-4-6-22-7-5-18)17-14(16-12)10-2-1-3-11(8-10)19(20)21/h1-3,8-9H,4-7H2. The summed E-state index contributed by atoms with van der Waals surface area (Å²) in [7, 11) is 0. The summed E-state index contributed by atoms with van der Waals surface area (Å²) in [6, 6.07) is 8.16. The van der Waals surface area contributed by atoms with Crippen LogP contribution in [0.25, 0.3) is 11.4 Å². The fourth-order valence-corrected chi connectivity index (χ4v) is 2.62. The molecule has 2 heterocycles. The van der Waals surface area contributed by atoms with Crippen LogP contribution in [0.15, 0.2) is 34.9 Å². The molecule has 0 spiro atoms. The van der Waals surface area contributed by atoms with Gasteiger partial charge in [-0.1, -0.05) is 12.1 Å². The molecule has 1 saturated heterocycles. The lowest BCUT2D eigenvalue weighted by Gasteiger charge is -2.28. The summed E-state index contributed by atoms with van der Waals surface area (Å²) in [6.07, 6.45) is 0. The molecule has 1 fully saturated rings. The molecule has 0 atom stereocenters. The van der Waals surface area contributed by atoms with Crippen molar-refractivity contribution in [2.75, 3.05) is 31.2 Å². The van der Waals surface area contributed by atoms with Gasteiger partial charge in [0.15, 0.2) is 5.82 Å². The highest BCUT2D eigenvalue weighted by molar-refractivity contribution is 9.10. The van der Waals surface area contributed by atoms with Crippen molar-refractivity contribution >= 4 is 27.4 Å². The third-order valence-corrected chi connectivity index (χ3v) is 3.74. The quantitative estimate of drug-likeness (QED) is 0.473. The fraction of sp³-hybridized carbons (Fsp3) is 0.286. The summed E-state index contributed by atoms with van der Waals surface area (Å²) in [4.78, 5) is 21.4. The first-order valence-electron chi connectivity index (χ1n) is 6.75. The zero-order valence-corrected chi connectivity index (χ0v) is 13.2. The van der Waals surface area contributed by atoms with Gasteiger partial charge in [0.2, 0.25) is 0 Å². The van der Waals surface area contributed by atoms with Gasteiger partial charge in [-0.15, -0.1) is 0 Å². The molecule has 0 radical (unpaired) electrons. The number of benzene rings is 1. The van der Waals surface area contributed by atoms with Gasteiger partial charge in [-0.3, -0.25) is 10.1 Å². The van der Waals surface area contributed by atoms with E-state index in [1.54, 1.807) is 12.1 Å². The van der Waals surface area contributed by atoms with E-state index in [0.29, 0.717) is 29.2 Å². The van der Waals surface area contributed by atoms with E-state index in [-0.39, 0.29) is 5.69 Å². The average molecular weight is 365 g/mol. The fourth-order valence-electron chi connectivity index (χ4n) is 2.25. The van der Waals surface area contributed by atoms with Gasteiger partial charge in [-0.2, -0.15) is 0 Å². The highest BCUT2D eigenvalue weighted by atomic mass is 79.9. The van der Waals surface area contributed by atoms with E-state index in [4.69, 9.17) is 4.74 Å². The third kappa shape index (κ3) is 3.23. The van der Waals surface area contributed by atoms with Gasteiger partial charge >= 0.3 is 0 Å². The topological polar surface area (TPSA) is 81.4 Å². The number of nitro benzene ring substituents is 1. The maximum Gasteiger partial charge on any atom is 0.270 e. The second-order valence-electron chi connectivity index (χ2n) is 4.78. The highest BCUT2D eigenvalue weighted by Gasteiger charge is 2.16. The molecule has 1 aliphatic rings. The van der Waals surface area contributed by atoms with Crippen LogP contribution in [0.5, 0.6) is 0 Å².